The maximum Gasteiger partial charge on any atom is 0.125 e. The standard InChI is InChI=1S/C13H14FN3/c14-11-3-4-12(17-8-5-15-10-17)13(9-11)16-6-1-2-7-16/h3-5,8-10H,1-2,6-7H2. The molecule has 2 aromatic rings. The first kappa shape index (κ1) is 10.3. The molecule has 1 aliphatic rings. The van der Waals surface area contributed by atoms with E-state index in [0.717, 1.165) is 24.5 Å². The van der Waals surface area contributed by atoms with Crippen molar-refractivity contribution in [1.82, 2.24) is 9.55 Å². The van der Waals surface area contributed by atoms with Crippen molar-refractivity contribution in [3.63, 3.8) is 0 Å². The number of imidazole rings is 1. The summed E-state index contributed by atoms with van der Waals surface area (Å²) in [5.74, 6) is -0.184. The Morgan fingerprint density at radius 3 is 2.65 bits per heavy atom. The number of aromatic nitrogens is 2. The highest BCUT2D eigenvalue weighted by Gasteiger charge is 2.17. The summed E-state index contributed by atoms with van der Waals surface area (Å²) in [4.78, 5) is 6.27. The van der Waals surface area contributed by atoms with Gasteiger partial charge in [0.1, 0.15) is 5.82 Å². The third-order valence-electron chi connectivity index (χ3n) is 3.17. The van der Waals surface area contributed by atoms with Crippen molar-refractivity contribution in [2.45, 2.75) is 12.8 Å². The lowest BCUT2D eigenvalue weighted by molar-refractivity contribution is 0.626. The molecule has 3 rings (SSSR count). The molecule has 3 nitrogen and oxygen atoms in total. The molecule has 1 saturated heterocycles. The Morgan fingerprint density at radius 1 is 1.12 bits per heavy atom. The second kappa shape index (κ2) is 4.20. The van der Waals surface area contributed by atoms with Gasteiger partial charge in [0.05, 0.1) is 17.7 Å². The molecular weight excluding hydrogens is 217 g/mol. The van der Waals surface area contributed by atoms with Gasteiger partial charge in [0, 0.05) is 25.5 Å². The first-order chi connectivity index (χ1) is 8.34. The first-order valence-corrected chi connectivity index (χ1v) is 5.87. The molecule has 0 amide bonds. The maximum absolute atomic E-state index is 13.4. The number of nitrogens with zero attached hydrogens (tertiary/aromatic N) is 3. The van der Waals surface area contributed by atoms with E-state index in [1.54, 1.807) is 18.6 Å². The van der Waals surface area contributed by atoms with E-state index >= 15 is 0 Å². The Balaban J connectivity index is 2.07. The van der Waals surface area contributed by atoms with Gasteiger partial charge in [-0.3, -0.25) is 0 Å². The summed E-state index contributed by atoms with van der Waals surface area (Å²) in [6, 6.07) is 4.92. The average molecular weight is 231 g/mol. The van der Waals surface area contributed by atoms with E-state index in [1.165, 1.54) is 18.9 Å². The molecule has 0 saturated carbocycles. The minimum absolute atomic E-state index is 0.184. The molecule has 1 aromatic heterocycles. The van der Waals surface area contributed by atoms with Crippen LogP contribution in [0.15, 0.2) is 36.9 Å². The topological polar surface area (TPSA) is 21.1 Å². The monoisotopic (exact) mass is 231 g/mol. The lowest BCUT2D eigenvalue weighted by atomic mass is 10.2. The molecule has 0 aliphatic carbocycles. The van der Waals surface area contributed by atoms with Gasteiger partial charge in [-0.05, 0) is 31.0 Å². The molecule has 1 fully saturated rings. The molecule has 0 unspecified atom stereocenters. The van der Waals surface area contributed by atoms with Crippen molar-refractivity contribution in [2.24, 2.45) is 0 Å². The average Bonchev–Trinajstić information content (AvgIpc) is 3.02. The van der Waals surface area contributed by atoms with E-state index < -0.39 is 0 Å². The van der Waals surface area contributed by atoms with E-state index in [1.807, 2.05) is 16.8 Å². The zero-order valence-corrected chi connectivity index (χ0v) is 9.51. The van der Waals surface area contributed by atoms with Crippen LogP contribution in [0.4, 0.5) is 10.1 Å². The van der Waals surface area contributed by atoms with E-state index in [-0.39, 0.29) is 5.82 Å². The Labute approximate surface area is 99.5 Å². The lowest BCUT2D eigenvalue weighted by Crippen LogP contribution is -2.19. The molecule has 0 radical (unpaired) electrons. The highest BCUT2D eigenvalue weighted by Crippen LogP contribution is 2.28. The summed E-state index contributed by atoms with van der Waals surface area (Å²) in [5.41, 5.74) is 1.95. The van der Waals surface area contributed by atoms with E-state index in [4.69, 9.17) is 0 Å². The minimum atomic E-state index is -0.184. The number of benzene rings is 1. The van der Waals surface area contributed by atoms with Crippen LogP contribution < -0.4 is 4.90 Å². The smallest absolute Gasteiger partial charge is 0.125 e. The summed E-state index contributed by atoms with van der Waals surface area (Å²) >= 11 is 0. The number of rotatable bonds is 2. The molecule has 2 heterocycles. The van der Waals surface area contributed by atoms with Gasteiger partial charge in [0.15, 0.2) is 0 Å². The molecular formula is C13H14FN3. The summed E-state index contributed by atoms with van der Waals surface area (Å²) in [6.07, 6.45) is 7.72. The van der Waals surface area contributed by atoms with Crippen LogP contribution >= 0.6 is 0 Å². The van der Waals surface area contributed by atoms with Crippen molar-refractivity contribution in [2.75, 3.05) is 18.0 Å². The molecule has 0 atom stereocenters. The van der Waals surface area contributed by atoms with Crippen molar-refractivity contribution in [1.29, 1.82) is 0 Å². The van der Waals surface area contributed by atoms with Gasteiger partial charge in [-0.1, -0.05) is 0 Å². The van der Waals surface area contributed by atoms with Gasteiger partial charge >= 0.3 is 0 Å². The van der Waals surface area contributed by atoms with E-state index in [2.05, 4.69) is 9.88 Å². The molecule has 17 heavy (non-hydrogen) atoms. The third kappa shape index (κ3) is 1.90. The highest BCUT2D eigenvalue weighted by molar-refractivity contribution is 5.63. The van der Waals surface area contributed by atoms with Gasteiger partial charge in [-0.25, -0.2) is 9.37 Å². The first-order valence-electron chi connectivity index (χ1n) is 5.87. The number of anilines is 1. The van der Waals surface area contributed by atoms with Crippen LogP contribution in [-0.2, 0) is 0 Å². The van der Waals surface area contributed by atoms with Crippen LogP contribution in [0.5, 0.6) is 0 Å². The Bertz CT molecular complexity index is 501. The maximum atomic E-state index is 13.4. The minimum Gasteiger partial charge on any atom is -0.370 e. The molecule has 0 N–H and O–H groups in total. The quantitative estimate of drug-likeness (QED) is 0.792. The predicted molar refractivity (Wildman–Crippen MR) is 65.0 cm³/mol. The summed E-state index contributed by atoms with van der Waals surface area (Å²) in [5, 5.41) is 0. The SMILES string of the molecule is Fc1ccc(-n2ccnc2)c(N2CCCC2)c1. The zero-order valence-electron chi connectivity index (χ0n) is 9.51. The van der Waals surface area contributed by atoms with Gasteiger partial charge in [0.2, 0.25) is 0 Å². The van der Waals surface area contributed by atoms with Crippen LogP contribution in [0.2, 0.25) is 0 Å². The molecule has 0 spiro atoms. The molecule has 88 valence electrons. The number of hydrogen-bond acceptors (Lipinski definition) is 2. The van der Waals surface area contributed by atoms with Crippen molar-refractivity contribution in [3.05, 3.63) is 42.7 Å². The molecule has 1 aromatic carbocycles. The third-order valence-corrected chi connectivity index (χ3v) is 3.17. The van der Waals surface area contributed by atoms with Crippen molar-refractivity contribution >= 4 is 5.69 Å². The lowest BCUT2D eigenvalue weighted by Gasteiger charge is -2.21. The normalized spacial score (nSPS) is 15.5. The Hall–Kier alpha value is -1.84. The van der Waals surface area contributed by atoms with Gasteiger partial charge in [-0.15, -0.1) is 0 Å². The van der Waals surface area contributed by atoms with Crippen LogP contribution in [-0.4, -0.2) is 22.6 Å². The Morgan fingerprint density at radius 2 is 1.94 bits per heavy atom. The zero-order chi connectivity index (χ0) is 11.7. The van der Waals surface area contributed by atoms with Crippen molar-refractivity contribution in [3.8, 4) is 5.69 Å². The molecule has 4 heteroatoms. The van der Waals surface area contributed by atoms with E-state index in [9.17, 15) is 4.39 Å². The largest absolute Gasteiger partial charge is 0.370 e. The summed E-state index contributed by atoms with van der Waals surface area (Å²) in [6.45, 7) is 2.01. The van der Waals surface area contributed by atoms with Gasteiger partial charge in [0.25, 0.3) is 0 Å². The molecule has 0 bridgehead atoms. The van der Waals surface area contributed by atoms with Crippen LogP contribution in [0.3, 0.4) is 0 Å². The van der Waals surface area contributed by atoms with E-state index in [0.29, 0.717) is 0 Å². The molecule has 1 aliphatic heterocycles. The number of halogens is 1. The van der Waals surface area contributed by atoms with Crippen LogP contribution in [0.1, 0.15) is 12.8 Å². The Kier molecular flexibility index (Phi) is 2.55. The summed E-state index contributed by atoms with van der Waals surface area (Å²) in [7, 11) is 0. The fourth-order valence-electron chi connectivity index (χ4n) is 2.33. The van der Waals surface area contributed by atoms with Crippen molar-refractivity contribution < 1.29 is 4.39 Å². The second-order valence-corrected chi connectivity index (χ2v) is 4.30. The van der Waals surface area contributed by atoms with Gasteiger partial charge in [-0.2, -0.15) is 0 Å². The van der Waals surface area contributed by atoms with Crippen LogP contribution in [0.25, 0.3) is 5.69 Å². The highest BCUT2D eigenvalue weighted by atomic mass is 19.1. The number of hydrogen-bond donors (Lipinski definition) is 0. The fourth-order valence-corrected chi connectivity index (χ4v) is 2.33. The fraction of sp³-hybridized carbons (Fsp3) is 0.308. The second-order valence-electron chi connectivity index (χ2n) is 4.30. The predicted octanol–water partition coefficient (Wildman–Crippen LogP) is 2.61. The van der Waals surface area contributed by atoms with Crippen LogP contribution in [0, 0.1) is 5.82 Å². The summed E-state index contributed by atoms with van der Waals surface area (Å²) < 4.78 is 15.3. The van der Waals surface area contributed by atoms with Gasteiger partial charge < -0.3 is 9.47 Å².